The molecule has 6 nitrogen and oxygen atoms in total. The van der Waals surface area contributed by atoms with E-state index in [0.717, 1.165) is 28.9 Å². The fourth-order valence-electron chi connectivity index (χ4n) is 3.27. The van der Waals surface area contributed by atoms with Gasteiger partial charge in [0.15, 0.2) is 0 Å². The van der Waals surface area contributed by atoms with Crippen LogP contribution in [0, 0.1) is 13.8 Å². The van der Waals surface area contributed by atoms with Crippen LogP contribution in [0.25, 0.3) is 0 Å². The Morgan fingerprint density at radius 3 is 2.46 bits per heavy atom. The number of carbonyl (C=O) groups is 3. The normalized spacial score (nSPS) is 13.5. The summed E-state index contributed by atoms with van der Waals surface area (Å²) in [6.07, 6.45) is 1.43. The van der Waals surface area contributed by atoms with Crippen LogP contribution in [0.2, 0.25) is 0 Å². The molecule has 1 aliphatic heterocycles. The Morgan fingerprint density at radius 1 is 1.11 bits per heavy atom. The zero-order valence-corrected chi connectivity index (χ0v) is 16.5. The van der Waals surface area contributed by atoms with Gasteiger partial charge >= 0.3 is 0 Å². The number of aryl methyl sites for hydroxylation is 2. The second-order valence-corrected chi connectivity index (χ2v) is 7.22. The van der Waals surface area contributed by atoms with Crippen molar-refractivity contribution in [3.05, 3.63) is 59.2 Å². The molecule has 0 unspecified atom stereocenters. The van der Waals surface area contributed by atoms with E-state index in [1.54, 1.807) is 36.2 Å². The standard InChI is InChI=1S/C22H25N3O3/c1-15-6-7-16(2)19(13-15)23-20(26)14-24(3)22(28)17-8-10-18(11-9-17)25-12-4-5-21(25)27/h6-11,13H,4-5,12,14H2,1-3H3,(H,23,26). The number of hydrogen-bond donors (Lipinski definition) is 1. The Labute approximate surface area is 165 Å². The van der Waals surface area contributed by atoms with Gasteiger partial charge in [0.2, 0.25) is 11.8 Å². The molecule has 1 fully saturated rings. The van der Waals surface area contributed by atoms with Crippen LogP contribution in [0.15, 0.2) is 42.5 Å². The van der Waals surface area contributed by atoms with Crippen molar-refractivity contribution in [2.45, 2.75) is 26.7 Å². The molecule has 0 saturated carbocycles. The van der Waals surface area contributed by atoms with Crippen molar-refractivity contribution in [1.29, 1.82) is 0 Å². The van der Waals surface area contributed by atoms with E-state index in [0.29, 0.717) is 18.5 Å². The Bertz CT molecular complexity index is 906. The Balaban J connectivity index is 1.61. The van der Waals surface area contributed by atoms with E-state index < -0.39 is 0 Å². The predicted octanol–water partition coefficient (Wildman–Crippen LogP) is 3.14. The van der Waals surface area contributed by atoms with Gasteiger partial charge in [0.1, 0.15) is 0 Å². The first kappa shape index (κ1) is 19.6. The number of likely N-dealkylation sites (N-methyl/N-ethyl adjacent to an activating group) is 1. The molecule has 146 valence electrons. The smallest absolute Gasteiger partial charge is 0.254 e. The summed E-state index contributed by atoms with van der Waals surface area (Å²) in [5.74, 6) is -0.376. The summed E-state index contributed by atoms with van der Waals surface area (Å²) >= 11 is 0. The lowest BCUT2D eigenvalue weighted by Gasteiger charge is -2.19. The maximum absolute atomic E-state index is 12.6. The van der Waals surface area contributed by atoms with Crippen LogP contribution in [-0.2, 0) is 9.59 Å². The summed E-state index contributed by atoms with van der Waals surface area (Å²) in [6, 6.07) is 12.8. The van der Waals surface area contributed by atoms with Crippen molar-refractivity contribution in [1.82, 2.24) is 4.90 Å². The first-order valence-corrected chi connectivity index (χ1v) is 9.38. The quantitative estimate of drug-likeness (QED) is 0.868. The van der Waals surface area contributed by atoms with Crippen LogP contribution in [0.4, 0.5) is 11.4 Å². The summed E-state index contributed by atoms with van der Waals surface area (Å²) in [5.41, 5.74) is 4.07. The third-order valence-electron chi connectivity index (χ3n) is 4.89. The van der Waals surface area contributed by atoms with Gasteiger partial charge in [0, 0.05) is 37.0 Å². The molecule has 1 aliphatic rings. The van der Waals surface area contributed by atoms with Gasteiger partial charge in [0.25, 0.3) is 5.91 Å². The Hall–Kier alpha value is -3.15. The number of anilines is 2. The van der Waals surface area contributed by atoms with Gasteiger partial charge in [-0.1, -0.05) is 12.1 Å². The van der Waals surface area contributed by atoms with Gasteiger partial charge in [-0.2, -0.15) is 0 Å². The van der Waals surface area contributed by atoms with Crippen LogP contribution >= 0.6 is 0 Å². The monoisotopic (exact) mass is 379 g/mol. The van der Waals surface area contributed by atoms with Crippen LogP contribution in [0.5, 0.6) is 0 Å². The van der Waals surface area contributed by atoms with E-state index in [9.17, 15) is 14.4 Å². The molecule has 0 bridgehead atoms. The zero-order chi connectivity index (χ0) is 20.3. The molecule has 2 aromatic rings. The Kier molecular flexibility index (Phi) is 5.78. The summed E-state index contributed by atoms with van der Waals surface area (Å²) in [4.78, 5) is 39.9. The largest absolute Gasteiger partial charge is 0.332 e. The molecular weight excluding hydrogens is 354 g/mol. The molecule has 1 heterocycles. The minimum Gasteiger partial charge on any atom is -0.332 e. The van der Waals surface area contributed by atoms with Crippen molar-refractivity contribution in [3.63, 3.8) is 0 Å². The van der Waals surface area contributed by atoms with Crippen LogP contribution in [-0.4, -0.2) is 42.8 Å². The number of nitrogens with zero attached hydrogens (tertiary/aromatic N) is 2. The number of nitrogens with one attached hydrogen (secondary N) is 1. The molecule has 0 radical (unpaired) electrons. The number of hydrogen-bond acceptors (Lipinski definition) is 3. The number of carbonyl (C=O) groups excluding carboxylic acids is 3. The maximum atomic E-state index is 12.6. The lowest BCUT2D eigenvalue weighted by Crippen LogP contribution is -2.35. The van der Waals surface area contributed by atoms with Crippen molar-refractivity contribution in [3.8, 4) is 0 Å². The fraction of sp³-hybridized carbons (Fsp3) is 0.318. The van der Waals surface area contributed by atoms with Crippen LogP contribution in [0.1, 0.15) is 34.3 Å². The lowest BCUT2D eigenvalue weighted by molar-refractivity contribution is -0.117. The van der Waals surface area contributed by atoms with Gasteiger partial charge in [-0.05, 0) is 61.7 Å². The maximum Gasteiger partial charge on any atom is 0.254 e. The summed E-state index contributed by atoms with van der Waals surface area (Å²) in [7, 11) is 1.60. The topological polar surface area (TPSA) is 69.7 Å². The van der Waals surface area contributed by atoms with E-state index >= 15 is 0 Å². The van der Waals surface area contributed by atoms with Gasteiger partial charge in [-0.3, -0.25) is 14.4 Å². The van der Waals surface area contributed by atoms with Crippen molar-refractivity contribution < 1.29 is 14.4 Å². The summed E-state index contributed by atoms with van der Waals surface area (Å²) in [6.45, 7) is 4.56. The summed E-state index contributed by atoms with van der Waals surface area (Å²) < 4.78 is 0. The highest BCUT2D eigenvalue weighted by molar-refractivity contribution is 6.00. The first-order chi connectivity index (χ1) is 13.3. The first-order valence-electron chi connectivity index (χ1n) is 9.38. The van der Waals surface area contributed by atoms with Gasteiger partial charge in [-0.15, -0.1) is 0 Å². The third kappa shape index (κ3) is 4.39. The number of amides is 3. The molecule has 0 spiro atoms. The molecule has 1 saturated heterocycles. The molecule has 2 aromatic carbocycles. The molecule has 0 aromatic heterocycles. The van der Waals surface area contributed by atoms with E-state index in [1.807, 2.05) is 32.0 Å². The summed E-state index contributed by atoms with van der Waals surface area (Å²) in [5, 5.41) is 2.86. The van der Waals surface area contributed by atoms with Crippen molar-refractivity contribution in [2.75, 3.05) is 30.4 Å². The van der Waals surface area contributed by atoms with Gasteiger partial charge in [0.05, 0.1) is 6.54 Å². The minimum atomic E-state index is -0.246. The molecule has 0 aliphatic carbocycles. The molecule has 6 heteroatoms. The van der Waals surface area contributed by atoms with E-state index in [4.69, 9.17) is 0 Å². The highest BCUT2D eigenvalue weighted by atomic mass is 16.2. The van der Waals surface area contributed by atoms with Crippen LogP contribution < -0.4 is 10.2 Å². The molecule has 3 amide bonds. The second-order valence-electron chi connectivity index (χ2n) is 7.22. The lowest BCUT2D eigenvalue weighted by atomic mass is 10.1. The number of benzene rings is 2. The average molecular weight is 379 g/mol. The molecular formula is C22H25N3O3. The van der Waals surface area contributed by atoms with E-state index in [-0.39, 0.29) is 24.3 Å². The zero-order valence-electron chi connectivity index (χ0n) is 16.5. The predicted molar refractivity (Wildman–Crippen MR) is 110 cm³/mol. The van der Waals surface area contributed by atoms with Gasteiger partial charge < -0.3 is 15.1 Å². The molecule has 0 atom stereocenters. The highest BCUT2D eigenvalue weighted by Gasteiger charge is 2.22. The molecule has 1 N–H and O–H groups in total. The van der Waals surface area contributed by atoms with Crippen LogP contribution in [0.3, 0.4) is 0 Å². The second kappa shape index (κ2) is 8.25. The Morgan fingerprint density at radius 2 is 1.82 bits per heavy atom. The molecule has 3 rings (SSSR count). The van der Waals surface area contributed by atoms with Crippen molar-refractivity contribution >= 4 is 29.1 Å². The number of rotatable bonds is 5. The van der Waals surface area contributed by atoms with Gasteiger partial charge in [-0.25, -0.2) is 0 Å². The SMILES string of the molecule is Cc1ccc(C)c(NC(=O)CN(C)C(=O)c2ccc(N3CCCC3=O)cc2)c1. The van der Waals surface area contributed by atoms with E-state index in [2.05, 4.69) is 5.32 Å². The fourth-order valence-corrected chi connectivity index (χ4v) is 3.27. The third-order valence-corrected chi connectivity index (χ3v) is 4.89. The molecule has 28 heavy (non-hydrogen) atoms. The van der Waals surface area contributed by atoms with Crippen molar-refractivity contribution in [2.24, 2.45) is 0 Å². The highest BCUT2D eigenvalue weighted by Crippen LogP contribution is 2.22. The average Bonchev–Trinajstić information content (AvgIpc) is 3.10. The minimum absolute atomic E-state index is 0.0431. The van der Waals surface area contributed by atoms with E-state index in [1.165, 1.54) is 4.90 Å².